The Labute approximate surface area is 166 Å². The zero-order valence-corrected chi connectivity index (χ0v) is 16.8. The van der Waals surface area contributed by atoms with Gasteiger partial charge in [-0.05, 0) is 43.4 Å². The number of carbonyl (C=O) groups excluding carboxylic acids is 1. The molecule has 3 nitrogen and oxygen atoms in total. The molecule has 1 aliphatic heterocycles. The molecule has 0 bridgehead atoms. The maximum Gasteiger partial charge on any atom is 0.262 e. The van der Waals surface area contributed by atoms with Gasteiger partial charge in [-0.1, -0.05) is 42.3 Å². The van der Waals surface area contributed by atoms with Crippen LogP contribution in [0.1, 0.15) is 39.9 Å². The number of hydrogen-bond acceptors (Lipinski definition) is 4. The highest BCUT2D eigenvalue weighted by molar-refractivity contribution is 7.21. The Bertz CT molecular complexity index is 884. The lowest BCUT2D eigenvalue weighted by molar-refractivity contribution is 0.0930. The van der Waals surface area contributed by atoms with Gasteiger partial charge in [-0.2, -0.15) is 0 Å². The minimum Gasteiger partial charge on any atom is -0.349 e. The first-order valence-electron chi connectivity index (χ1n) is 8.97. The number of fused-ring (bicyclic) bond motifs is 1. The van der Waals surface area contributed by atoms with Crippen LogP contribution in [0.15, 0.2) is 41.8 Å². The number of hydrogen-bond donors (Lipinski definition) is 1. The summed E-state index contributed by atoms with van der Waals surface area (Å²) in [5, 5.41) is 6.76. The number of likely N-dealkylation sites (tertiary alicyclic amines) is 1. The summed E-state index contributed by atoms with van der Waals surface area (Å²) in [5.41, 5.74) is 0. The van der Waals surface area contributed by atoms with Gasteiger partial charge in [0.1, 0.15) is 4.88 Å². The first-order valence-corrected chi connectivity index (χ1v) is 11.0. The van der Waals surface area contributed by atoms with Crippen LogP contribution in [0.2, 0.25) is 5.02 Å². The smallest absolute Gasteiger partial charge is 0.262 e. The number of nitrogens with zero attached hydrogens (tertiary/aromatic N) is 1. The van der Waals surface area contributed by atoms with E-state index in [0.29, 0.717) is 16.4 Å². The molecule has 1 saturated heterocycles. The summed E-state index contributed by atoms with van der Waals surface area (Å²) in [6.07, 6.45) is 3.77. The molecule has 1 aliphatic rings. The number of halogens is 1. The zero-order chi connectivity index (χ0) is 17.9. The van der Waals surface area contributed by atoms with Gasteiger partial charge in [0.25, 0.3) is 5.91 Å². The van der Waals surface area contributed by atoms with Crippen LogP contribution < -0.4 is 5.32 Å². The number of amides is 1. The molecule has 26 heavy (non-hydrogen) atoms. The molecular weight excluding hydrogens is 384 g/mol. The van der Waals surface area contributed by atoms with Crippen LogP contribution in [0.3, 0.4) is 0 Å². The largest absolute Gasteiger partial charge is 0.349 e. The first-order chi connectivity index (χ1) is 12.7. The Morgan fingerprint density at radius 3 is 2.69 bits per heavy atom. The molecule has 1 atom stereocenters. The van der Waals surface area contributed by atoms with Gasteiger partial charge >= 0.3 is 0 Å². The van der Waals surface area contributed by atoms with E-state index in [1.165, 1.54) is 35.5 Å². The Morgan fingerprint density at radius 1 is 1.15 bits per heavy atom. The maximum absolute atomic E-state index is 12.8. The molecule has 1 aromatic carbocycles. The minimum absolute atomic E-state index is 0.0743. The fourth-order valence-corrected chi connectivity index (χ4v) is 5.84. The first kappa shape index (κ1) is 18.0. The van der Waals surface area contributed by atoms with Crippen LogP contribution in [0.4, 0.5) is 0 Å². The van der Waals surface area contributed by atoms with E-state index in [2.05, 4.69) is 27.7 Å². The van der Waals surface area contributed by atoms with Crippen molar-refractivity contribution in [2.45, 2.75) is 25.3 Å². The van der Waals surface area contributed by atoms with Gasteiger partial charge in [0.15, 0.2) is 0 Å². The van der Waals surface area contributed by atoms with Gasteiger partial charge in [0.05, 0.1) is 11.1 Å². The van der Waals surface area contributed by atoms with Gasteiger partial charge in [-0.25, -0.2) is 0 Å². The fraction of sp³-hybridized carbons (Fsp3) is 0.350. The molecule has 0 radical (unpaired) electrons. The third-order valence-electron chi connectivity index (χ3n) is 4.90. The van der Waals surface area contributed by atoms with Crippen LogP contribution in [-0.4, -0.2) is 30.4 Å². The highest BCUT2D eigenvalue weighted by atomic mass is 35.5. The fourth-order valence-electron chi connectivity index (χ4n) is 3.55. The lowest BCUT2D eigenvalue weighted by atomic mass is 10.1. The molecule has 1 N–H and O–H groups in total. The highest BCUT2D eigenvalue weighted by Gasteiger charge is 2.25. The molecule has 2 aromatic heterocycles. The number of carbonyl (C=O) groups is 1. The number of nitrogens with one attached hydrogen (secondary N) is 1. The minimum atomic E-state index is -0.0743. The Kier molecular flexibility index (Phi) is 5.60. The van der Waals surface area contributed by atoms with E-state index >= 15 is 0 Å². The predicted octanol–water partition coefficient (Wildman–Crippen LogP) is 5.57. The molecule has 1 amide bonds. The van der Waals surface area contributed by atoms with E-state index in [1.54, 1.807) is 11.3 Å². The van der Waals surface area contributed by atoms with Crippen molar-refractivity contribution >= 4 is 50.3 Å². The summed E-state index contributed by atoms with van der Waals surface area (Å²) in [4.78, 5) is 17.2. The van der Waals surface area contributed by atoms with E-state index in [4.69, 9.17) is 11.6 Å². The molecule has 4 rings (SSSR count). The third kappa shape index (κ3) is 3.67. The number of piperidine rings is 1. The van der Waals surface area contributed by atoms with Crippen molar-refractivity contribution in [3.8, 4) is 0 Å². The number of thiophene rings is 2. The molecule has 6 heteroatoms. The monoisotopic (exact) mass is 404 g/mol. The van der Waals surface area contributed by atoms with Crippen LogP contribution in [-0.2, 0) is 0 Å². The van der Waals surface area contributed by atoms with Gasteiger partial charge in [0.2, 0.25) is 0 Å². The van der Waals surface area contributed by atoms with Crippen LogP contribution in [0, 0.1) is 0 Å². The van der Waals surface area contributed by atoms with Crippen molar-refractivity contribution in [2.24, 2.45) is 0 Å². The average molecular weight is 405 g/mol. The average Bonchev–Trinajstić information content (AvgIpc) is 3.32. The number of rotatable bonds is 5. The Hall–Kier alpha value is -1.40. The summed E-state index contributed by atoms with van der Waals surface area (Å²) in [6.45, 7) is 2.81. The van der Waals surface area contributed by atoms with E-state index < -0.39 is 0 Å². The predicted molar refractivity (Wildman–Crippen MR) is 112 cm³/mol. The van der Waals surface area contributed by atoms with Crippen molar-refractivity contribution in [2.75, 3.05) is 19.6 Å². The van der Waals surface area contributed by atoms with E-state index in [0.717, 1.165) is 23.2 Å². The summed E-state index contributed by atoms with van der Waals surface area (Å²) in [5.74, 6) is -0.0743. The van der Waals surface area contributed by atoms with E-state index in [-0.39, 0.29) is 11.9 Å². The van der Waals surface area contributed by atoms with Crippen LogP contribution >= 0.6 is 34.3 Å². The lowest BCUT2D eigenvalue weighted by Crippen LogP contribution is -2.40. The van der Waals surface area contributed by atoms with Crippen molar-refractivity contribution in [3.63, 3.8) is 0 Å². The Balaban J connectivity index is 1.51. The SMILES string of the molecule is O=C(NC[C@@H](c1cccs1)N1CCCCC1)c1sc2ccccc2c1Cl. The quantitative estimate of drug-likeness (QED) is 0.602. The molecule has 3 heterocycles. The third-order valence-corrected chi connectivity index (χ3v) is 7.55. The van der Waals surface area contributed by atoms with Crippen LogP contribution in [0.5, 0.6) is 0 Å². The molecule has 0 spiro atoms. The van der Waals surface area contributed by atoms with Crippen molar-refractivity contribution in [3.05, 3.63) is 56.6 Å². The number of benzene rings is 1. The molecule has 0 aliphatic carbocycles. The second-order valence-corrected chi connectivity index (χ2v) is 8.99. The molecule has 1 fully saturated rings. The molecule has 0 unspecified atom stereocenters. The topological polar surface area (TPSA) is 32.3 Å². The standard InChI is InChI=1S/C20H21ClN2OS2/c21-18-14-7-2-3-8-16(14)26-19(18)20(24)22-13-15(17-9-6-12-25-17)23-10-4-1-5-11-23/h2-3,6-9,12,15H,1,4-5,10-11,13H2,(H,22,24)/t15-/m0/s1. The highest BCUT2D eigenvalue weighted by Crippen LogP contribution is 2.35. The van der Waals surface area contributed by atoms with Crippen molar-refractivity contribution in [1.29, 1.82) is 0 Å². The lowest BCUT2D eigenvalue weighted by Gasteiger charge is -2.34. The van der Waals surface area contributed by atoms with Gasteiger partial charge in [-0.15, -0.1) is 22.7 Å². The maximum atomic E-state index is 12.8. The molecule has 0 saturated carbocycles. The normalized spacial score (nSPS) is 16.7. The molecular formula is C20H21ClN2OS2. The molecule has 136 valence electrons. The molecule has 3 aromatic rings. The van der Waals surface area contributed by atoms with Crippen LogP contribution in [0.25, 0.3) is 10.1 Å². The van der Waals surface area contributed by atoms with E-state index in [1.807, 2.05) is 24.3 Å². The van der Waals surface area contributed by atoms with Crippen molar-refractivity contribution in [1.82, 2.24) is 10.2 Å². The summed E-state index contributed by atoms with van der Waals surface area (Å²) < 4.78 is 1.05. The van der Waals surface area contributed by atoms with Crippen molar-refractivity contribution < 1.29 is 4.79 Å². The van der Waals surface area contributed by atoms with Gasteiger partial charge < -0.3 is 5.32 Å². The van der Waals surface area contributed by atoms with E-state index in [9.17, 15) is 4.79 Å². The van der Waals surface area contributed by atoms with Gasteiger partial charge in [-0.3, -0.25) is 9.69 Å². The summed E-state index contributed by atoms with van der Waals surface area (Å²) >= 11 is 9.68. The summed E-state index contributed by atoms with van der Waals surface area (Å²) in [6, 6.07) is 12.4. The summed E-state index contributed by atoms with van der Waals surface area (Å²) in [7, 11) is 0. The second kappa shape index (κ2) is 8.09. The Morgan fingerprint density at radius 2 is 1.96 bits per heavy atom. The van der Waals surface area contributed by atoms with Gasteiger partial charge in [0, 0.05) is 21.5 Å². The second-order valence-electron chi connectivity index (χ2n) is 6.58. The zero-order valence-electron chi connectivity index (χ0n) is 14.4.